The largest absolute Gasteiger partial charge is 0.492 e. The van der Waals surface area contributed by atoms with Gasteiger partial charge in [-0.3, -0.25) is 4.79 Å². The molecule has 7 heteroatoms. The predicted molar refractivity (Wildman–Crippen MR) is 101 cm³/mol. The smallest absolute Gasteiger partial charge is 0.230 e. The number of carbonyl (C=O) groups is 1. The molecule has 1 aromatic heterocycles. The molecule has 2 aromatic carbocycles. The number of fused-ring (bicyclic) bond motifs is 1. The Morgan fingerprint density at radius 2 is 2.08 bits per heavy atom. The van der Waals surface area contributed by atoms with Crippen LogP contribution in [0.1, 0.15) is 18.9 Å². The Morgan fingerprint density at radius 3 is 2.92 bits per heavy atom. The Hall–Kier alpha value is -2.54. The number of hydrogen-bond donors (Lipinski definition) is 1. The maximum atomic E-state index is 12.0. The maximum absolute atomic E-state index is 12.0. The summed E-state index contributed by atoms with van der Waals surface area (Å²) in [6.07, 6.45) is 4.09. The molecule has 0 bridgehead atoms. The fraction of sp³-hybridized carbons (Fsp3) is 0.316. The first-order valence-corrected chi connectivity index (χ1v) is 9.69. The second-order valence-corrected chi connectivity index (χ2v) is 7.19. The van der Waals surface area contributed by atoms with E-state index < -0.39 is 0 Å². The van der Waals surface area contributed by atoms with Crippen LogP contribution in [0, 0.1) is 0 Å². The highest BCUT2D eigenvalue weighted by Crippen LogP contribution is 2.37. The first kappa shape index (κ1) is 16.9. The quantitative estimate of drug-likeness (QED) is 0.489. The summed E-state index contributed by atoms with van der Waals surface area (Å²) in [6, 6.07) is 14.7. The summed E-state index contributed by atoms with van der Waals surface area (Å²) in [4.78, 5) is 12.0. The van der Waals surface area contributed by atoms with E-state index in [1.165, 1.54) is 30.0 Å². The number of carbonyl (C=O) groups excluding carboxylic acids is 1. The molecule has 4 rings (SSSR count). The lowest BCUT2D eigenvalue weighted by molar-refractivity contribution is -0.118. The van der Waals surface area contributed by atoms with E-state index in [1.807, 2.05) is 30.3 Å². The van der Waals surface area contributed by atoms with Crippen molar-refractivity contribution in [3.05, 3.63) is 48.8 Å². The summed E-state index contributed by atoms with van der Waals surface area (Å²) >= 11 is 1.42. The number of hydrogen-bond acceptors (Lipinski definition) is 5. The Bertz CT molecular complexity index is 907. The van der Waals surface area contributed by atoms with Crippen LogP contribution in [0.3, 0.4) is 0 Å². The van der Waals surface area contributed by atoms with Crippen LogP contribution in [0.5, 0.6) is 5.75 Å². The summed E-state index contributed by atoms with van der Waals surface area (Å²) in [6.45, 7) is 0.911. The van der Waals surface area contributed by atoms with E-state index >= 15 is 0 Å². The molecule has 1 N–H and O–H groups in total. The standard InChI is InChI=1S/C19H20N4O2S/c24-18(12-26-19-22-21-13-23(19)16-6-7-16)20-9-10-25-17-8-5-14-3-1-2-4-15(14)11-17/h1-5,8,11,13,16H,6-7,9-10,12H2,(H,20,24). The SMILES string of the molecule is O=C(CSc1nncn1C1CC1)NCCOc1ccc2ccccc2c1. The first-order valence-electron chi connectivity index (χ1n) is 8.70. The summed E-state index contributed by atoms with van der Waals surface area (Å²) in [5.74, 6) is 1.12. The topological polar surface area (TPSA) is 69.0 Å². The van der Waals surface area contributed by atoms with Crippen LogP contribution in [-0.4, -0.2) is 39.6 Å². The van der Waals surface area contributed by atoms with Gasteiger partial charge in [-0.25, -0.2) is 0 Å². The van der Waals surface area contributed by atoms with Gasteiger partial charge in [-0.2, -0.15) is 0 Å². The molecule has 0 spiro atoms. The normalized spacial score (nSPS) is 13.7. The van der Waals surface area contributed by atoms with Gasteiger partial charge in [0.15, 0.2) is 5.16 Å². The van der Waals surface area contributed by atoms with E-state index in [0.717, 1.165) is 16.3 Å². The highest BCUT2D eigenvalue weighted by Gasteiger charge is 2.26. The van der Waals surface area contributed by atoms with Crippen LogP contribution >= 0.6 is 11.8 Å². The van der Waals surface area contributed by atoms with E-state index in [4.69, 9.17) is 4.74 Å². The van der Waals surface area contributed by atoms with Crippen molar-refractivity contribution in [2.45, 2.75) is 24.0 Å². The van der Waals surface area contributed by atoms with E-state index in [9.17, 15) is 4.79 Å². The number of aromatic nitrogens is 3. The van der Waals surface area contributed by atoms with E-state index in [1.54, 1.807) is 6.33 Å². The zero-order chi connectivity index (χ0) is 17.8. The number of benzene rings is 2. The molecule has 1 aliphatic rings. The van der Waals surface area contributed by atoms with Gasteiger partial charge in [-0.05, 0) is 35.7 Å². The number of thioether (sulfide) groups is 1. The van der Waals surface area contributed by atoms with Gasteiger partial charge in [0.05, 0.1) is 12.3 Å². The Kier molecular flexibility index (Phi) is 5.06. The molecule has 1 heterocycles. The highest BCUT2D eigenvalue weighted by molar-refractivity contribution is 7.99. The molecule has 1 saturated carbocycles. The van der Waals surface area contributed by atoms with Gasteiger partial charge in [0.2, 0.25) is 5.91 Å². The molecular weight excluding hydrogens is 348 g/mol. The number of nitrogens with one attached hydrogen (secondary N) is 1. The fourth-order valence-electron chi connectivity index (χ4n) is 2.74. The number of amides is 1. The second-order valence-electron chi connectivity index (χ2n) is 6.25. The molecule has 134 valence electrons. The Labute approximate surface area is 155 Å². The van der Waals surface area contributed by atoms with Crippen molar-refractivity contribution in [3.63, 3.8) is 0 Å². The van der Waals surface area contributed by atoms with Gasteiger partial charge in [0.1, 0.15) is 18.7 Å². The van der Waals surface area contributed by atoms with Gasteiger partial charge >= 0.3 is 0 Å². The van der Waals surface area contributed by atoms with Gasteiger partial charge < -0.3 is 14.6 Å². The average molecular weight is 368 g/mol. The van der Waals surface area contributed by atoms with Crippen LogP contribution in [-0.2, 0) is 4.79 Å². The summed E-state index contributed by atoms with van der Waals surface area (Å²) in [7, 11) is 0. The van der Waals surface area contributed by atoms with Crippen molar-refractivity contribution in [2.75, 3.05) is 18.9 Å². The molecule has 0 saturated heterocycles. The summed E-state index contributed by atoms with van der Waals surface area (Å²) in [5.41, 5.74) is 0. The third-order valence-electron chi connectivity index (χ3n) is 4.23. The molecule has 0 unspecified atom stereocenters. The van der Waals surface area contributed by atoms with Crippen LogP contribution in [0.4, 0.5) is 0 Å². The lowest BCUT2D eigenvalue weighted by atomic mass is 10.1. The lowest BCUT2D eigenvalue weighted by Gasteiger charge is -2.09. The minimum absolute atomic E-state index is 0.0255. The lowest BCUT2D eigenvalue weighted by Crippen LogP contribution is -2.29. The van der Waals surface area contributed by atoms with Gasteiger partial charge in [0, 0.05) is 6.04 Å². The highest BCUT2D eigenvalue weighted by atomic mass is 32.2. The van der Waals surface area contributed by atoms with Crippen LogP contribution in [0.2, 0.25) is 0 Å². The minimum atomic E-state index is -0.0255. The van der Waals surface area contributed by atoms with Crippen molar-refractivity contribution in [1.82, 2.24) is 20.1 Å². The molecule has 0 atom stereocenters. The van der Waals surface area contributed by atoms with Crippen LogP contribution in [0.25, 0.3) is 10.8 Å². The molecule has 0 aliphatic heterocycles. The molecule has 1 fully saturated rings. The van der Waals surface area contributed by atoms with Crippen molar-refractivity contribution in [2.24, 2.45) is 0 Å². The van der Waals surface area contributed by atoms with Crippen molar-refractivity contribution >= 4 is 28.4 Å². The second kappa shape index (κ2) is 7.78. The minimum Gasteiger partial charge on any atom is -0.492 e. The zero-order valence-corrected chi connectivity index (χ0v) is 15.1. The van der Waals surface area contributed by atoms with Crippen LogP contribution in [0.15, 0.2) is 53.9 Å². The fourth-order valence-corrected chi connectivity index (χ4v) is 3.55. The van der Waals surface area contributed by atoms with Crippen LogP contribution < -0.4 is 10.1 Å². The van der Waals surface area contributed by atoms with Gasteiger partial charge in [-0.1, -0.05) is 42.1 Å². The van der Waals surface area contributed by atoms with E-state index in [-0.39, 0.29) is 5.91 Å². The van der Waals surface area contributed by atoms with Gasteiger partial charge in [-0.15, -0.1) is 10.2 Å². The molecule has 0 radical (unpaired) electrons. The first-order chi connectivity index (χ1) is 12.8. The van der Waals surface area contributed by atoms with E-state index in [2.05, 4.69) is 32.2 Å². The maximum Gasteiger partial charge on any atom is 0.230 e. The number of ether oxygens (including phenoxy) is 1. The molecular formula is C19H20N4O2S. The van der Waals surface area contributed by atoms with Crippen molar-refractivity contribution < 1.29 is 9.53 Å². The Morgan fingerprint density at radius 1 is 1.23 bits per heavy atom. The third-order valence-corrected chi connectivity index (χ3v) is 5.18. The number of rotatable bonds is 8. The van der Waals surface area contributed by atoms with Crippen molar-refractivity contribution in [1.29, 1.82) is 0 Å². The monoisotopic (exact) mass is 368 g/mol. The van der Waals surface area contributed by atoms with E-state index in [0.29, 0.717) is 24.9 Å². The molecule has 26 heavy (non-hydrogen) atoms. The van der Waals surface area contributed by atoms with Crippen molar-refractivity contribution in [3.8, 4) is 5.75 Å². The number of nitrogens with zero attached hydrogens (tertiary/aromatic N) is 3. The summed E-state index contributed by atoms with van der Waals surface area (Å²) in [5, 5.41) is 14.0. The molecule has 1 aliphatic carbocycles. The molecule has 1 amide bonds. The predicted octanol–water partition coefficient (Wildman–Crippen LogP) is 3.05. The third kappa shape index (κ3) is 4.16. The average Bonchev–Trinajstić information content (AvgIpc) is 3.41. The molecule has 3 aromatic rings. The van der Waals surface area contributed by atoms with Gasteiger partial charge in [0.25, 0.3) is 0 Å². The Balaban J connectivity index is 1.19. The molecule has 6 nitrogen and oxygen atoms in total. The zero-order valence-electron chi connectivity index (χ0n) is 14.3. The summed E-state index contributed by atoms with van der Waals surface area (Å²) < 4.78 is 7.78.